The molecule has 1 saturated carbocycles. The van der Waals surface area contributed by atoms with E-state index in [-0.39, 0.29) is 16.4 Å². The third-order valence-corrected chi connectivity index (χ3v) is 4.16. The van der Waals surface area contributed by atoms with Crippen molar-refractivity contribution in [1.29, 1.82) is 0 Å². The molecule has 0 spiro atoms. The van der Waals surface area contributed by atoms with Crippen LogP contribution in [0.1, 0.15) is 43.0 Å². The average Bonchev–Trinajstić information content (AvgIpc) is 2.49. The van der Waals surface area contributed by atoms with Gasteiger partial charge < -0.3 is 4.74 Å². The molecule has 4 nitrogen and oxygen atoms in total. The molecule has 1 aromatic carbocycles. The summed E-state index contributed by atoms with van der Waals surface area (Å²) in [6.07, 6.45) is 2.77. The van der Waals surface area contributed by atoms with Gasteiger partial charge in [-0.05, 0) is 30.9 Å². The number of aliphatic imine (C=N–C) groups is 1. The summed E-state index contributed by atoms with van der Waals surface area (Å²) < 4.78 is 4.70. The minimum atomic E-state index is -0.492. The second-order valence-electron chi connectivity index (χ2n) is 5.09. The van der Waals surface area contributed by atoms with Crippen molar-refractivity contribution in [2.75, 3.05) is 7.11 Å². The lowest BCUT2D eigenvalue weighted by Gasteiger charge is -2.22. The molecule has 0 heterocycles. The SMILES string of the molecule is CCC1CCC(=O)CC1=Nc1cccc(C(=O)OC)c1Cl. The first-order valence-electron chi connectivity index (χ1n) is 7.02. The molecule has 1 aliphatic rings. The molecule has 0 radical (unpaired) electrons. The summed E-state index contributed by atoms with van der Waals surface area (Å²) >= 11 is 6.24. The fourth-order valence-electron chi connectivity index (χ4n) is 2.54. The molecule has 1 aliphatic carbocycles. The summed E-state index contributed by atoms with van der Waals surface area (Å²) in [6, 6.07) is 5.05. The molecule has 5 heteroatoms. The van der Waals surface area contributed by atoms with Gasteiger partial charge in [0.15, 0.2) is 0 Å². The van der Waals surface area contributed by atoms with E-state index in [1.165, 1.54) is 7.11 Å². The number of hydrogen-bond acceptors (Lipinski definition) is 4. The van der Waals surface area contributed by atoms with Crippen LogP contribution in [0.2, 0.25) is 5.02 Å². The van der Waals surface area contributed by atoms with Gasteiger partial charge in [0, 0.05) is 18.6 Å². The lowest BCUT2D eigenvalue weighted by atomic mass is 9.84. The van der Waals surface area contributed by atoms with Crippen molar-refractivity contribution < 1.29 is 14.3 Å². The molecule has 21 heavy (non-hydrogen) atoms. The number of ketones is 1. The second kappa shape index (κ2) is 6.85. The summed E-state index contributed by atoms with van der Waals surface area (Å²) in [5, 5.41) is 0.268. The first-order chi connectivity index (χ1) is 10.1. The molecule has 1 unspecified atom stereocenters. The van der Waals surface area contributed by atoms with E-state index < -0.39 is 5.97 Å². The van der Waals surface area contributed by atoms with Crippen molar-refractivity contribution in [2.24, 2.45) is 10.9 Å². The Labute approximate surface area is 129 Å². The average molecular weight is 308 g/mol. The molecule has 0 saturated heterocycles. The minimum Gasteiger partial charge on any atom is -0.465 e. The molecule has 112 valence electrons. The number of esters is 1. The second-order valence-corrected chi connectivity index (χ2v) is 5.47. The van der Waals surface area contributed by atoms with Gasteiger partial charge in [-0.15, -0.1) is 0 Å². The van der Waals surface area contributed by atoms with Crippen LogP contribution in [-0.4, -0.2) is 24.6 Å². The van der Waals surface area contributed by atoms with Gasteiger partial charge in [-0.2, -0.15) is 0 Å². The Bertz CT molecular complexity index is 595. The Morgan fingerprint density at radius 1 is 1.48 bits per heavy atom. The Hall–Kier alpha value is -1.68. The number of rotatable bonds is 3. The van der Waals surface area contributed by atoms with E-state index in [2.05, 4.69) is 11.9 Å². The third-order valence-electron chi connectivity index (χ3n) is 3.76. The summed E-state index contributed by atoms with van der Waals surface area (Å²) in [6.45, 7) is 2.09. The van der Waals surface area contributed by atoms with Crippen molar-refractivity contribution in [3.8, 4) is 0 Å². The highest BCUT2D eigenvalue weighted by atomic mass is 35.5. The molecular formula is C16H18ClNO3. The zero-order valence-corrected chi connectivity index (χ0v) is 12.9. The number of nitrogens with zero attached hydrogens (tertiary/aromatic N) is 1. The van der Waals surface area contributed by atoms with Crippen LogP contribution < -0.4 is 0 Å². The van der Waals surface area contributed by atoms with Gasteiger partial charge in [-0.1, -0.05) is 24.6 Å². The number of ether oxygens (including phenoxy) is 1. The maximum atomic E-state index is 11.6. The third kappa shape index (κ3) is 3.50. The van der Waals surface area contributed by atoms with E-state index in [4.69, 9.17) is 16.3 Å². The lowest BCUT2D eigenvalue weighted by Crippen LogP contribution is -2.24. The number of benzene rings is 1. The monoisotopic (exact) mass is 307 g/mol. The van der Waals surface area contributed by atoms with E-state index in [0.717, 1.165) is 18.6 Å². The molecule has 2 rings (SSSR count). The van der Waals surface area contributed by atoms with Gasteiger partial charge in [-0.25, -0.2) is 4.79 Å². The largest absolute Gasteiger partial charge is 0.465 e. The highest BCUT2D eigenvalue weighted by molar-refractivity contribution is 6.36. The van der Waals surface area contributed by atoms with Crippen LogP contribution in [0.4, 0.5) is 5.69 Å². The Morgan fingerprint density at radius 3 is 2.90 bits per heavy atom. The van der Waals surface area contributed by atoms with Gasteiger partial charge in [0.2, 0.25) is 0 Å². The number of methoxy groups -OCH3 is 1. The maximum absolute atomic E-state index is 11.6. The van der Waals surface area contributed by atoms with Crippen molar-refractivity contribution >= 4 is 34.8 Å². The van der Waals surface area contributed by atoms with Gasteiger partial charge >= 0.3 is 5.97 Å². The number of hydrogen-bond donors (Lipinski definition) is 0. The van der Waals surface area contributed by atoms with Crippen molar-refractivity contribution in [3.05, 3.63) is 28.8 Å². The standard InChI is InChI=1S/C16H18ClNO3/c1-3-10-7-8-11(19)9-14(10)18-13-6-4-5-12(15(13)17)16(20)21-2/h4-6,10H,3,7-9H2,1-2H3. The van der Waals surface area contributed by atoms with E-state index >= 15 is 0 Å². The van der Waals surface area contributed by atoms with Crippen molar-refractivity contribution in [3.63, 3.8) is 0 Å². The number of carbonyl (C=O) groups is 2. The van der Waals surface area contributed by atoms with E-state index in [1.807, 2.05) is 0 Å². The Morgan fingerprint density at radius 2 is 2.24 bits per heavy atom. The molecule has 0 N–H and O–H groups in total. The summed E-state index contributed by atoms with van der Waals surface area (Å²) in [4.78, 5) is 27.8. The predicted molar refractivity (Wildman–Crippen MR) is 82.5 cm³/mol. The molecule has 1 fully saturated rings. The molecule has 1 atom stereocenters. The number of Topliss-reactive ketones (excluding diaryl/α,β-unsaturated/α-hetero) is 1. The Balaban J connectivity index is 2.39. The van der Waals surface area contributed by atoms with Gasteiger partial charge in [0.1, 0.15) is 5.78 Å². The van der Waals surface area contributed by atoms with Crippen LogP contribution in [0.3, 0.4) is 0 Å². The number of halogens is 1. The van der Waals surface area contributed by atoms with Crippen molar-refractivity contribution in [1.82, 2.24) is 0 Å². The van der Waals surface area contributed by atoms with Crippen LogP contribution in [-0.2, 0) is 9.53 Å². The van der Waals surface area contributed by atoms with E-state index in [9.17, 15) is 9.59 Å². The van der Waals surface area contributed by atoms with Gasteiger partial charge in [0.25, 0.3) is 0 Å². The highest BCUT2D eigenvalue weighted by Gasteiger charge is 2.24. The summed E-state index contributed by atoms with van der Waals surface area (Å²) in [5.41, 5.74) is 1.66. The first kappa shape index (κ1) is 15.7. The van der Waals surface area contributed by atoms with Crippen LogP contribution in [0.5, 0.6) is 0 Å². The van der Waals surface area contributed by atoms with E-state index in [1.54, 1.807) is 18.2 Å². The fourth-order valence-corrected chi connectivity index (χ4v) is 2.78. The molecular weight excluding hydrogens is 290 g/mol. The highest BCUT2D eigenvalue weighted by Crippen LogP contribution is 2.32. The normalized spacial score (nSPS) is 20.6. The van der Waals surface area contributed by atoms with Gasteiger partial charge in [-0.3, -0.25) is 9.79 Å². The smallest absolute Gasteiger partial charge is 0.339 e. The lowest BCUT2D eigenvalue weighted by molar-refractivity contribution is -0.118. The molecule has 1 aromatic rings. The molecule has 0 bridgehead atoms. The van der Waals surface area contributed by atoms with Crippen molar-refractivity contribution in [2.45, 2.75) is 32.6 Å². The quantitative estimate of drug-likeness (QED) is 0.794. The van der Waals surface area contributed by atoms with Gasteiger partial charge in [0.05, 0.1) is 23.4 Å². The molecule has 0 amide bonds. The van der Waals surface area contributed by atoms with Crippen LogP contribution >= 0.6 is 11.6 Å². The number of carbonyl (C=O) groups excluding carboxylic acids is 2. The molecule has 0 aliphatic heterocycles. The maximum Gasteiger partial charge on any atom is 0.339 e. The zero-order valence-electron chi connectivity index (χ0n) is 12.2. The van der Waals surface area contributed by atoms with Crippen LogP contribution in [0, 0.1) is 5.92 Å². The van der Waals surface area contributed by atoms with Crippen LogP contribution in [0.25, 0.3) is 0 Å². The van der Waals surface area contributed by atoms with E-state index in [0.29, 0.717) is 24.4 Å². The minimum absolute atomic E-state index is 0.207. The summed E-state index contributed by atoms with van der Waals surface area (Å²) in [7, 11) is 1.31. The Kier molecular flexibility index (Phi) is 5.12. The predicted octanol–water partition coefficient (Wildman–Crippen LogP) is 3.98. The zero-order chi connectivity index (χ0) is 15.4. The summed E-state index contributed by atoms with van der Waals surface area (Å²) in [5.74, 6) is 0.0213. The molecule has 0 aromatic heterocycles. The van der Waals surface area contributed by atoms with Crippen LogP contribution in [0.15, 0.2) is 23.2 Å². The topological polar surface area (TPSA) is 55.7 Å². The fraction of sp³-hybridized carbons (Fsp3) is 0.438. The first-order valence-corrected chi connectivity index (χ1v) is 7.40.